The fourth-order valence-corrected chi connectivity index (χ4v) is 4.46. The van der Waals surface area contributed by atoms with Gasteiger partial charge in [-0.3, -0.25) is 19.6 Å². The smallest absolute Gasteiger partial charge is 0.375 e. The Hall–Kier alpha value is -3.65. The molecule has 2 atom stereocenters. The minimum atomic E-state index is -5.21. The van der Waals surface area contributed by atoms with E-state index in [0.29, 0.717) is 6.42 Å². The molecule has 0 spiro atoms. The van der Waals surface area contributed by atoms with Crippen LogP contribution in [-0.2, 0) is 14.3 Å². The van der Waals surface area contributed by atoms with Crippen LogP contribution in [0.3, 0.4) is 0 Å². The lowest BCUT2D eigenvalue weighted by Gasteiger charge is -2.40. The number of alkyl halides is 3. The van der Waals surface area contributed by atoms with Crippen LogP contribution in [0.25, 0.3) is 16.8 Å². The van der Waals surface area contributed by atoms with Crippen molar-refractivity contribution in [1.82, 2.24) is 20.6 Å². The number of pyridine rings is 1. The zero-order valence-electron chi connectivity index (χ0n) is 21.4. The SMILES string of the molecule is CCC1C=C(c2c(F)cc(Cl)cc2-c2cnc(C(C)NC(=O)C3(NC(=O)C(F)(F)F)COC3)c(F)c2)N=NN1C. The molecule has 2 aliphatic heterocycles. The third-order valence-electron chi connectivity index (χ3n) is 6.53. The number of nitrogens with zero attached hydrogens (tertiary/aromatic N) is 4. The molecule has 1 aromatic carbocycles. The fourth-order valence-electron chi connectivity index (χ4n) is 4.26. The van der Waals surface area contributed by atoms with Crippen molar-refractivity contribution < 1.29 is 36.3 Å². The van der Waals surface area contributed by atoms with Crippen molar-refractivity contribution >= 4 is 29.1 Å². The zero-order chi connectivity index (χ0) is 29.4. The van der Waals surface area contributed by atoms with Crippen LogP contribution < -0.4 is 10.6 Å². The number of aromatic nitrogens is 1. The fraction of sp³-hybridized carbons (Fsp3) is 0.400. The number of amides is 2. The average Bonchev–Trinajstić information content (AvgIpc) is 2.85. The lowest BCUT2D eigenvalue weighted by Crippen LogP contribution is -2.71. The van der Waals surface area contributed by atoms with Gasteiger partial charge in [-0.05, 0) is 43.2 Å². The minimum absolute atomic E-state index is 0.0438. The molecule has 2 aliphatic rings. The van der Waals surface area contributed by atoms with Crippen molar-refractivity contribution in [1.29, 1.82) is 0 Å². The molecule has 40 heavy (non-hydrogen) atoms. The highest BCUT2D eigenvalue weighted by Crippen LogP contribution is 2.37. The van der Waals surface area contributed by atoms with E-state index in [2.05, 4.69) is 20.6 Å². The second-order valence-electron chi connectivity index (χ2n) is 9.41. The predicted molar refractivity (Wildman–Crippen MR) is 134 cm³/mol. The van der Waals surface area contributed by atoms with Crippen molar-refractivity contribution in [2.24, 2.45) is 10.3 Å². The second-order valence-corrected chi connectivity index (χ2v) is 9.85. The molecule has 0 aliphatic carbocycles. The summed E-state index contributed by atoms with van der Waals surface area (Å²) in [7, 11) is 1.73. The van der Waals surface area contributed by atoms with Gasteiger partial charge in [-0.1, -0.05) is 23.7 Å². The molecule has 0 saturated carbocycles. The van der Waals surface area contributed by atoms with E-state index in [9.17, 15) is 22.8 Å². The van der Waals surface area contributed by atoms with Gasteiger partial charge in [0.15, 0.2) is 5.54 Å². The Morgan fingerprint density at radius 1 is 1.23 bits per heavy atom. The van der Waals surface area contributed by atoms with Crippen molar-refractivity contribution in [3.63, 3.8) is 0 Å². The van der Waals surface area contributed by atoms with Gasteiger partial charge in [0.25, 0.3) is 5.91 Å². The molecular formula is C25H24ClF5N6O3. The van der Waals surface area contributed by atoms with E-state index in [1.54, 1.807) is 23.4 Å². The number of carbonyl (C=O) groups excluding carboxylic acids is 2. The Labute approximate surface area is 230 Å². The maximum absolute atomic E-state index is 15.3. The van der Waals surface area contributed by atoms with E-state index in [1.807, 2.05) is 6.92 Å². The number of ether oxygens (including phenoxy) is 1. The quantitative estimate of drug-likeness (QED) is 0.456. The topological polar surface area (TPSA) is 108 Å². The summed E-state index contributed by atoms with van der Waals surface area (Å²) in [6, 6.07) is 2.33. The van der Waals surface area contributed by atoms with E-state index < -0.39 is 54.4 Å². The molecule has 9 nitrogen and oxygen atoms in total. The summed E-state index contributed by atoms with van der Waals surface area (Å²) >= 11 is 6.10. The maximum atomic E-state index is 15.3. The van der Waals surface area contributed by atoms with Gasteiger partial charge in [0.05, 0.1) is 36.7 Å². The Kier molecular flexibility index (Phi) is 8.13. The predicted octanol–water partition coefficient (Wildman–Crippen LogP) is 4.74. The van der Waals surface area contributed by atoms with Crippen molar-refractivity contribution in [3.8, 4) is 11.1 Å². The first-order valence-electron chi connectivity index (χ1n) is 12.1. The monoisotopic (exact) mass is 586 g/mol. The van der Waals surface area contributed by atoms with E-state index >= 15 is 8.78 Å². The number of benzene rings is 1. The third-order valence-corrected chi connectivity index (χ3v) is 6.75. The van der Waals surface area contributed by atoms with Gasteiger partial charge in [0, 0.05) is 29.4 Å². The Morgan fingerprint density at radius 3 is 2.50 bits per heavy atom. The molecule has 2 unspecified atom stereocenters. The van der Waals surface area contributed by atoms with Crippen LogP contribution in [0.1, 0.15) is 37.6 Å². The maximum Gasteiger partial charge on any atom is 0.471 e. The van der Waals surface area contributed by atoms with Gasteiger partial charge in [0.2, 0.25) is 0 Å². The van der Waals surface area contributed by atoms with Crippen molar-refractivity contribution in [2.75, 3.05) is 20.3 Å². The highest BCUT2D eigenvalue weighted by molar-refractivity contribution is 6.31. The van der Waals surface area contributed by atoms with Gasteiger partial charge in [-0.25, -0.2) is 8.78 Å². The van der Waals surface area contributed by atoms with E-state index in [1.165, 1.54) is 19.2 Å². The number of hydrogen-bond acceptors (Lipinski definition) is 7. The molecule has 3 heterocycles. The molecule has 2 aromatic rings. The number of nitrogens with one attached hydrogen (secondary N) is 2. The van der Waals surface area contributed by atoms with Crippen LogP contribution in [0.15, 0.2) is 40.8 Å². The molecule has 214 valence electrons. The summed E-state index contributed by atoms with van der Waals surface area (Å²) < 4.78 is 73.5. The number of halogens is 6. The Bertz CT molecular complexity index is 1400. The normalized spacial score (nSPS) is 19.0. The van der Waals surface area contributed by atoms with Crippen LogP contribution >= 0.6 is 11.6 Å². The highest BCUT2D eigenvalue weighted by atomic mass is 35.5. The second kappa shape index (κ2) is 11.1. The third kappa shape index (κ3) is 5.77. The lowest BCUT2D eigenvalue weighted by atomic mass is 9.94. The molecule has 1 fully saturated rings. The number of likely N-dealkylation sites (N-methyl/N-ethyl adjacent to an activating group) is 1. The summed E-state index contributed by atoms with van der Waals surface area (Å²) in [5, 5.41) is 13.8. The van der Waals surface area contributed by atoms with Crippen LogP contribution in [-0.4, -0.2) is 59.8 Å². The first-order chi connectivity index (χ1) is 18.8. The van der Waals surface area contributed by atoms with Gasteiger partial charge in [-0.2, -0.15) is 13.2 Å². The molecule has 1 aromatic heterocycles. The van der Waals surface area contributed by atoms with Gasteiger partial charge < -0.3 is 15.4 Å². The zero-order valence-corrected chi connectivity index (χ0v) is 22.2. The first kappa shape index (κ1) is 29.3. The molecule has 2 N–H and O–H groups in total. The molecule has 0 radical (unpaired) electrons. The Morgan fingerprint density at radius 2 is 1.93 bits per heavy atom. The molecule has 2 amide bonds. The van der Waals surface area contributed by atoms with E-state index in [-0.39, 0.29) is 39.1 Å². The average molecular weight is 587 g/mol. The van der Waals surface area contributed by atoms with Crippen LogP contribution in [0.2, 0.25) is 5.02 Å². The van der Waals surface area contributed by atoms with Crippen LogP contribution in [0.4, 0.5) is 22.0 Å². The lowest BCUT2D eigenvalue weighted by molar-refractivity contribution is -0.184. The van der Waals surface area contributed by atoms with Crippen molar-refractivity contribution in [3.05, 3.63) is 58.4 Å². The van der Waals surface area contributed by atoms with Crippen LogP contribution in [0, 0.1) is 11.6 Å². The van der Waals surface area contributed by atoms with E-state index in [0.717, 1.165) is 12.1 Å². The molecule has 1 saturated heterocycles. The van der Waals surface area contributed by atoms with E-state index in [4.69, 9.17) is 16.3 Å². The highest BCUT2D eigenvalue weighted by Gasteiger charge is 2.52. The molecule has 15 heteroatoms. The Balaban J connectivity index is 1.61. The number of hydrogen-bond donors (Lipinski definition) is 2. The summed E-state index contributed by atoms with van der Waals surface area (Å²) in [5.74, 6) is -4.90. The van der Waals surface area contributed by atoms with Crippen LogP contribution in [0.5, 0.6) is 0 Å². The van der Waals surface area contributed by atoms with Gasteiger partial charge >= 0.3 is 12.1 Å². The standard InChI is InChI=1S/C25H24ClF5N6O3/c1-4-15-8-19(35-36-37(15)3)20-16(6-14(26)7-17(20)27)13-5-18(28)21(32-9-13)12(2)33-22(38)24(10-40-11-24)34-23(39)25(29,30)31/h5-9,12,15H,4,10-11H2,1-3H3,(H,33,38)(H,34,39). The molecular weight excluding hydrogens is 563 g/mol. The van der Waals surface area contributed by atoms with Crippen molar-refractivity contribution in [2.45, 2.75) is 44.1 Å². The van der Waals surface area contributed by atoms with Gasteiger partial charge in [0.1, 0.15) is 11.6 Å². The molecule has 0 bridgehead atoms. The first-order valence-corrected chi connectivity index (χ1v) is 12.4. The number of rotatable bonds is 7. The largest absolute Gasteiger partial charge is 0.471 e. The summed E-state index contributed by atoms with van der Waals surface area (Å²) in [6.45, 7) is 2.30. The minimum Gasteiger partial charge on any atom is -0.375 e. The molecule has 4 rings (SSSR count). The summed E-state index contributed by atoms with van der Waals surface area (Å²) in [6.07, 6.45) is -1.56. The summed E-state index contributed by atoms with van der Waals surface area (Å²) in [5.41, 5.74) is -1.58. The van der Waals surface area contributed by atoms with Gasteiger partial charge in [-0.15, -0.1) is 5.11 Å². The number of carbonyl (C=O) groups is 2. The summed E-state index contributed by atoms with van der Waals surface area (Å²) in [4.78, 5) is 28.2.